The Labute approximate surface area is 204 Å². The number of carbonyl (C=O) groups excluding carboxylic acids is 1. The molecule has 0 spiro atoms. The minimum atomic E-state index is -0.550. The van der Waals surface area contributed by atoms with Crippen molar-refractivity contribution >= 4 is 6.09 Å². The van der Waals surface area contributed by atoms with Crippen LogP contribution in [0.5, 0.6) is 17.2 Å². The predicted molar refractivity (Wildman–Crippen MR) is 131 cm³/mol. The zero-order chi connectivity index (χ0) is 25.3. The molecule has 1 aliphatic heterocycles. The van der Waals surface area contributed by atoms with Gasteiger partial charge in [0, 0.05) is 51.8 Å². The van der Waals surface area contributed by atoms with Crippen LogP contribution in [0.4, 0.5) is 4.79 Å². The van der Waals surface area contributed by atoms with Crippen LogP contribution in [-0.4, -0.2) is 74.9 Å². The lowest BCUT2D eigenvalue weighted by atomic mass is 9.88. The van der Waals surface area contributed by atoms with Crippen LogP contribution in [0.2, 0.25) is 0 Å². The first-order valence-corrected chi connectivity index (χ1v) is 12.1. The standard InChI is InChI=1S/C26H43NO7/c1-18(2)23(13-19-15-27(16-20(19)17-28)25(29)34-26(3,4)5)33-21-9-10-22(31-7)24(14-21)32-12-8-11-30-6/h9-10,14,18-20,23,28H,8,11-13,15-17H2,1-7H3/t19-,20+,23?/m1/s1. The third-order valence-corrected chi connectivity index (χ3v) is 5.91. The van der Waals surface area contributed by atoms with Gasteiger partial charge in [0.25, 0.3) is 0 Å². The number of rotatable bonds is 12. The maximum Gasteiger partial charge on any atom is 0.410 e. The molecule has 0 bridgehead atoms. The van der Waals surface area contributed by atoms with Crippen molar-refractivity contribution in [3.8, 4) is 17.2 Å². The van der Waals surface area contributed by atoms with Gasteiger partial charge in [-0.15, -0.1) is 0 Å². The zero-order valence-corrected chi connectivity index (χ0v) is 21.8. The Morgan fingerprint density at radius 2 is 1.82 bits per heavy atom. The predicted octanol–water partition coefficient (Wildman–Crippen LogP) is 4.38. The van der Waals surface area contributed by atoms with E-state index in [0.29, 0.717) is 43.6 Å². The van der Waals surface area contributed by atoms with E-state index in [9.17, 15) is 9.90 Å². The highest BCUT2D eigenvalue weighted by Crippen LogP contribution is 2.35. The first-order chi connectivity index (χ1) is 16.1. The highest BCUT2D eigenvalue weighted by Gasteiger charge is 2.38. The third-order valence-electron chi connectivity index (χ3n) is 5.91. The Bertz CT molecular complexity index is 762. The second kappa shape index (κ2) is 13.0. The summed E-state index contributed by atoms with van der Waals surface area (Å²) < 4.78 is 28.3. The van der Waals surface area contributed by atoms with E-state index >= 15 is 0 Å². The Kier molecular flexibility index (Phi) is 10.8. The normalized spacial score (nSPS) is 19.3. The van der Waals surface area contributed by atoms with Crippen LogP contribution < -0.4 is 14.2 Å². The van der Waals surface area contributed by atoms with E-state index in [0.717, 1.165) is 12.8 Å². The van der Waals surface area contributed by atoms with Crippen LogP contribution in [0.3, 0.4) is 0 Å². The van der Waals surface area contributed by atoms with Crippen LogP contribution in [-0.2, 0) is 9.47 Å². The van der Waals surface area contributed by atoms with Gasteiger partial charge in [-0.3, -0.25) is 0 Å². The molecule has 3 atom stereocenters. The van der Waals surface area contributed by atoms with Crippen molar-refractivity contribution in [1.29, 1.82) is 0 Å². The van der Waals surface area contributed by atoms with E-state index in [1.54, 1.807) is 19.1 Å². The molecule has 2 rings (SSSR count). The minimum Gasteiger partial charge on any atom is -0.493 e. The molecule has 0 radical (unpaired) electrons. The van der Waals surface area contributed by atoms with Gasteiger partial charge in [0.05, 0.1) is 13.7 Å². The second-order valence-electron chi connectivity index (χ2n) is 10.2. The fourth-order valence-electron chi connectivity index (χ4n) is 4.05. The second-order valence-corrected chi connectivity index (χ2v) is 10.2. The Balaban J connectivity index is 2.08. The molecular formula is C26H43NO7. The maximum absolute atomic E-state index is 12.6. The number of carbonyl (C=O) groups is 1. The number of aliphatic hydroxyl groups excluding tert-OH is 1. The number of hydrogen-bond acceptors (Lipinski definition) is 7. The van der Waals surface area contributed by atoms with E-state index in [2.05, 4.69) is 13.8 Å². The molecule has 0 aliphatic carbocycles. The SMILES string of the molecule is COCCCOc1cc(OC(C[C@@H]2CN(C(=O)OC(C)(C)C)C[C@H]2CO)C(C)C)ccc1OC. The van der Waals surface area contributed by atoms with Crippen molar-refractivity contribution < 1.29 is 33.6 Å². The summed E-state index contributed by atoms with van der Waals surface area (Å²) >= 11 is 0. The Morgan fingerprint density at radius 3 is 2.41 bits per heavy atom. The molecule has 1 amide bonds. The molecule has 194 valence electrons. The molecule has 8 nitrogen and oxygen atoms in total. The number of aliphatic hydroxyl groups is 1. The van der Waals surface area contributed by atoms with Gasteiger partial charge in [-0.05, 0) is 51.2 Å². The van der Waals surface area contributed by atoms with Crippen LogP contribution in [0, 0.1) is 17.8 Å². The average Bonchev–Trinajstić information content (AvgIpc) is 3.18. The lowest BCUT2D eigenvalue weighted by molar-refractivity contribution is 0.0277. The smallest absolute Gasteiger partial charge is 0.410 e. The fourth-order valence-corrected chi connectivity index (χ4v) is 4.05. The molecule has 34 heavy (non-hydrogen) atoms. The van der Waals surface area contributed by atoms with E-state index in [1.807, 2.05) is 39.0 Å². The molecular weight excluding hydrogens is 438 g/mol. The molecule has 1 N–H and O–H groups in total. The van der Waals surface area contributed by atoms with Crippen molar-refractivity contribution in [1.82, 2.24) is 4.90 Å². The summed E-state index contributed by atoms with van der Waals surface area (Å²) in [5.41, 5.74) is -0.550. The van der Waals surface area contributed by atoms with Crippen LogP contribution in [0.1, 0.15) is 47.5 Å². The van der Waals surface area contributed by atoms with Gasteiger partial charge >= 0.3 is 6.09 Å². The van der Waals surface area contributed by atoms with Gasteiger partial charge in [-0.1, -0.05) is 13.8 Å². The summed E-state index contributed by atoms with van der Waals surface area (Å²) in [6.07, 6.45) is 1.07. The topological polar surface area (TPSA) is 86.7 Å². The highest BCUT2D eigenvalue weighted by molar-refractivity contribution is 5.68. The van der Waals surface area contributed by atoms with Crippen LogP contribution in [0.15, 0.2) is 18.2 Å². The molecule has 1 saturated heterocycles. The van der Waals surface area contributed by atoms with E-state index in [-0.39, 0.29) is 36.6 Å². The van der Waals surface area contributed by atoms with Gasteiger partial charge < -0.3 is 33.7 Å². The molecule has 0 saturated carbocycles. The zero-order valence-electron chi connectivity index (χ0n) is 21.8. The molecule has 1 aromatic carbocycles. The van der Waals surface area contributed by atoms with Gasteiger partial charge in [0.1, 0.15) is 17.5 Å². The van der Waals surface area contributed by atoms with Crippen molar-refractivity contribution in [3.05, 3.63) is 18.2 Å². The fraction of sp³-hybridized carbons (Fsp3) is 0.731. The van der Waals surface area contributed by atoms with Crippen molar-refractivity contribution in [2.45, 2.75) is 59.2 Å². The molecule has 8 heteroatoms. The maximum atomic E-state index is 12.6. The number of amides is 1. The molecule has 1 fully saturated rings. The minimum absolute atomic E-state index is 0.00656. The van der Waals surface area contributed by atoms with Gasteiger partial charge in [-0.25, -0.2) is 4.79 Å². The van der Waals surface area contributed by atoms with Crippen LogP contribution >= 0.6 is 0 Å². The van der Waals surface area contributed by atoms with Crippen molar-refractivity contribution in [2.75, 3.05) is 47.1 Å². The molecule has 1 unspecified atom stereocenters. The van der Waals surface area contributed by atoms with Gasteiger partial charge in [-0.2, -0.15) is 0 Å². The number of nitrogens with zero attached hydrogens (tertiary/aromatic N) is 1. The van der Waals surface area contributed by atoms with Crippen molar-refractivity contribution in [2.24, 2.45) is 17.8 Å². The summed E-state index contributed by atoms with van der Waals surface area (Å²) in [5, 5.41) is 9.97. The van der Waals surface area contributed by atoms with E-state index in [4.69, 9.17) is 23.7 Å². The molecule has 1 heterocycles. The first-order valence-electron chi connectivity index (χ1n) is 12.1. The van der Waals surface area contributed by atoms with E-state index in [1.165, 1.54) is 0 Å². The Morgan fingerprint density at radius 1 is 1.12 bits per heavy atom. The third kappa shape index (κ3) is 8.55. The largest absolute Gasteiger partial charge is 0.493 e. The van der Waals surface area contributed by atoms with Gasteiger partial charge in [0.2, 0.25) is 0 Å². The lowest BCUT2D eigenvalue weighted by Crippen LogP contribution is -2.36. The summed E-state index contributed by atoms with van der Waals surface area (Å²) in [6.45, 7) is 12.0. The quantitative estimate of drug-likeness (QED) is 0.443. The van der Waals surface area contributed by atoms with Gasteiger partial charge in [0.15, 0.2) is 11.5 Å². The van der Waals surface area contributed by atoms with Crippen molar-refractivity contribution in [3.63, 3.8) is 0 Å². The van der Waals surface area contributed by atoms with E-state index < -0.39 is 5.60 Å². The summed E-state index contributed by atoms with van der Waals surface area (Å²) in [6, 6.07) is 5.57. The monoisotopic (exact) mass is 481 g/mol. The summed E-state index contributed by atoms with van der Waals surface area (Å²) in [5.74, 6) is 2.33. The number of benzene rings is 1. The molecule has 1 aromatic rings. The average molecular weight is 482 g/mol. The number of hydrogen-bond donors (Lipinski definition) is 1. The number of likely N-dealkylation sites (tertiary alicyclic amines) is 1. The number of methoxy groups -OCH3 is 2. The summed E-state index contributed by atoms with van der Waals surface area (Å²) in [7, 11) is 3.28. The van der Waals surface area contributed by atoms with Crippen LogP contribution in [0.25, 0.3) is 0 Å². The Hall–Kier alpha value is -2.19. The first kappa shape index (κ1) is 28.1. The summed E-state index contributed by atoms with van der Waals surface area (Å²) in [4.78, 5) is 14.3. The molecule has 1 aliphatic rings. The number of ether oxygens (including phenoxy) is 5. The highest BCUT2D eigenvalue weighted by atomic mass is 16.6. The lowest BCUT2D eigenvalue weighted by Gasteiger charge is -2.28. The molecule has 0 aromatic heterocycles.